The van der Waals surface area contributed by atoms with Crippen LogP contribution in [0.4, 0.5) is 0 Å². The van der Waals surface area contributed by atoms with Gasteiger partial charge in [-0.25, -0.2) is 4.79 Å². The van der Waals surface area contributed by atoms with E-state index in [0.717, 1.165) is 0 Å². The van der Waals surface area contributed by atoms with E-state index in [4.69, 9.17) is 21.4 Å². The molecule has 80 valence electrons. The Labute approximate surface area is 91.1 Å². The summed E-state index contributed by atoms with van der Waals surface area (Å²) in [5.74, 6) is -0.694. The van der Waals surface area contributed by atoms with Crippen molar-refractivity contribution in [3.05, 3.63) is 28.8 Å². The second kappa shape index (κ2) is 3.72. The number of fused-ring (bicyclic) bond motifs is 1. The molecule has 0 spiro atoms. The summed E-state index contributed by atoms with van der Waals surface area (Å²) in [5, 5.41) is 19.0. The third-order valence-electron chi connectivity index (χ3n) is 2.31. The zero-order chi connectivity index (χ0) is 11.0. The van der Waals surface area contributed by atoms with Crippen LogP contribution in [0.25, 0.3) is 0 Å². The second-order valence-electron chi connectivity index (χ2n) is 3.38. The molecule has 0 amide bonds. The third kappa shape index (κ3) is 1.91. The molecule has 1 heterocycles. The zero-order valence-corrected chi connectivity index (χ0v) is 8.44. The van der Waals surface area contributed by atoms with Crippen molar-refractivity contribution >= 4 is 17.6 Å². The van der Waals surface area contributed by atoms with E-state index < -0.39 is 18.2 Å². The molecule has 0 aromatic heterocycles. The Bertz CT molecular complexity index is 404. The van der Waals surface area contributed by atoms with E-state index in [0.29, 0.717) is 16.3 Å². The van der Waals surface area contributed by atoms with Crippen LogP contribution in [-0.2, 0) is 4.79 Å². The molecule has 1 aliphatic rings. The van der Waals surface area contributed by atoms with Crippen LogP contribution in [0.15, 0.2) is 18.2 Å². The minimum Gasteiger partial charge on any atom is -0.479 e. The zero-order valence-electron chi connectivity index (χ0n) is 7.68. The molecule has 0 aliphatic carbocycles. The van der Waals surface area contributed by atoms with Crippen LogP contribution in [-0.4, -0.2) is 22.3 Å². The number of halogens is 1. The number of hydrogen-bond acceptors (Lipinski definition) is 3. The smallest absolute Gasteiger partial charge is 0.345 e. The molecule has 1 aliphatic heterocycles. The topological polar surface area (TPSA) is 66.8 Å². The van der Waals surface area contributed by atoms with Gasteiger partial charge < -0.3 is 14.9 Å². The van der Waals surface area contributed by atoms with Gasteiger partial charge in [0.2, 0.25) is 0 Å². The minimum atomic E-state index is -1.07. The molecular formula is C10H9ClO4. The van der Waals surface area contributed by atoms with Gasteiger partial charge in [-0.3, -0.25) is 0 Å². The SMILES string of the molecule is O=C(O)[C@H]1CC(O)c2cc(Cl)ccc2O1. The van der Waals surface area contributed by atoms with Crippen LogP contribution >= 0.6 is 11.6 Å². The summed E-state index contributed by atoms with van der Waals surface area (Å²) < 4.78 is 5.20. The van der Waals surface area contributed by atoms with Crippen molar-refractivity contribution in [1.29, 1.82) is 0 Å². The van der Waals surface area contributed by atoms with E-state index in [2.05, 4.69) is 0 Å². The van der Waals surface area contributed by atoms with Crippen molar-refractivity contribution in [2.24, 2.45) is 0 Å². The van der Waals surface area contributed by atoms with Gasteiger partial charge in [0.25, 0.3) is 0 Å². The Morgan fingerprint density at radius 1 is 1.53 bits per heavy atom. The molecule has 5 heteroatoms. The molecule has 0 bridgehead atoms. The molecule has 2 atom stereocenters. The summed E-state index contributed by atoms with van der Waals surface area (Å²) in [7, 11) is 0. The van der Waals surface area contributed by atoms with Gasteiger partial charge in [0, 0.05) is 17.0 Å². The molecule has 15 heavy (non-hydrogen) atoms. The van der Waals surface area contributed by atoms with Crippen molar-refractivity contribution in [3.63, 3.8) is 0 Å². The first-order valence-electron chi connectivity index (χ1n) is 4.45. The minimum absolute atomic E-state index is 0.0443. The lowest BCUT2D eigenvalue weighted by Crippen LogP contribution is -2.32. The van der Waals surface area contributed by atoms with Gasteiger partial charge in [-0.15, -0.1) is 0 Å². The fourth-order valence-electron chi connectivity index (χ4n) is 1.57. The van der Waals surface area contributed by atoms with Crippen molar-refractivity contribution in [1.82, 2.24) is 0 Å². The number of aliphatic hydroxyl groups is 1. The number of ether oxygens (including phenoxy) is 1. The van der Waals surface area contributed by atoms with Gasteiger partial charge in [-0.1, -0.05) is 11.6 Å². The average Bonchev–Trinajstić information content (AvgIpc) is 2.18. The first-order chi connectivity index (χ1) is 7.08. The maximum Gasteiger partial charge on any atom is 0.345 e. The number of benzene rings is 1. The fraction of sp³-hybridized carbons (Fsp3) is 0.300. The van der Waals surface area contributed by atoms with Gasteiger partial charge in [0.05, 0.1) is 6.10 Å². The van der Waals surface area contributed by atoms with E-state index in [1.54, 1.807) is 18.2 Å². The molecular weight excluding hydrogens is 220 g/mol. The summed E-state index contributed by atoms with van der Waals surface area (Å²) in [6.45, 7) is 0. The summed E-state index contributed by atoms with van der Waals surface area (Å²) in [6.07, 6.45) is -1.79. The Balaban J connectivity index is 2.36. The van der Waals surface area contributed by atoms with Crippen LogP contribution in [0.5, 0.6) is 5.75 Å². The number of aliphatic hydroxyl groups excluding tert-OH is 1. The van der Waals surface area contributed by atoms with Gasteiger partial charge >= 0.3 is 5.97 Å². The Hall–Kier alpha value is -1.26. The van der Waals surface area contributed by atoms with E-state index in [9.17, 15) is 9.90 Å². The lowest BCUT2D eigenvalue weighted by molar-refractivity contribution is -0.147. The number of rotatable bonds is 1. The molecule has 4 nitrogen and oxygen atoms in total. The highest BCUT2D eigenvalue weighted by molar-refractivity contribution is 6.30. The molecule has 2 rings (SSSR count). The van der Waals surface area contributed by atoms with Gasteiger partial charge in [0.15, 0.2) is 6.10 Å². The number of carboxylic acids is 1. The number of carboxylic acid groups (broad SMARTS) is 1. The number of carbonyl (C=O) groups is 1. The standard InChI is InChI=1S/C10H9ClO4/c11-5-1-2-8-6(3-5)7(12)4-9(15-8)10(13)14/h1-3,7,9,12H,4H2,(H,13,14)/t7?,9-/m1/s1. The predicted molar refractivity (Wildman–Crippen MR) is 53.1 cm³/mol. The lowest BCUT2D eigenvalue weighted by Gasteiger charge is -2.27. The van der Waals surface area contributed by atoms with Crippen LogP contribution < -0.4 is 4.74 Å². The Kier molecular flexibility index (Phi) is 2.54. The van der Waals surface area contributed by atoms with Crippen LogP contribution in [0.3, 0.4) is 0 Å². The molecule has 1 aromatic rings. The van der Waals surface area contributed by atoms with E-state index in [1.807, 2.05) is 0 Å². The maximum absolute atomic E-state index is 10.7. The maximum atomic E-state index is 10.7. The van der Waals surface area contributed by atoms with Gasteiger partial charge in [-0.05, 0) is 18.2 Å². The van der Waals surface area contributed by atoms with E-state index in [1.165, 1.54) is 0 Å². The average molecular weight is 229 g/mol. The van der Waals surface area contributed by atoms with Crippen LogP contribution in [0.1, 0.15) is 18.1 Å². The lowest BCUT2D eigenvalue weighted by atomic mass is 9.99. The molecule has 0 radical (unpaired) electrons. The van der Waals surface area contributed by atoms with Crippen molar-refractivity contribution in [3.8, 4) is 5.75 Å². The number of hydrogen-bond donors (Lipinski definition) is 2. The highest BCUT2D eigenvalue weighted by Crippen LogP contribution is 2.36. The largest absolute Gasteiger partial charge is 0.479 e. The molecule has 0 saturated carbocycles. The summed E-state index contributed by atoms with van der Waals surface area (Å²) in [5.41, 5.74) is 0.542. The second-order valence-corrected chi connectivity index (χ2v) is 3.81. The van der Waals surface area contributed by atoms with Gasteiger partial charge in [0.1, 0.15) is 5.75 Å². The third-order valence-corrected chi connectivity index (χ3v) is 2.55. The summed E-state index contributed by atoms with van der Waals surface area (Å²) in [4.78, 5) is 10.7. The first kappa shape index (κ1) is 10.3. The van der Waals surface area contributed by atoms with E-state index in [-0.39, 0.29) is 6.42 Å². The molecule has 1 unspecified atom stereocenters. The van der Waals surface area contributed by atoms with Crippen molar-refractivity contribution in [2.75, 3.05) is 0 Å². The monoisotopic (exact) mass is 228 g/mol. The fourth-order valence-corrected chi connectivity index (χ4v) is 1.75. The predicted octanol–water partition coefficient (Wildman–Crippen LogP) is 1.61. The van der Waals surface area contributed by atoms with Crippen molar-refractivity contribution in [2.45, 2.75) is 18.6 Å². The summed E-state index contributed by atoms with van der Waals surface area (Å²) >= 11 is 5.76. The highest BCUT2D eigenvalue weighted by atomic mass is 35.5. The summed E-state index contributed by atoms with van der Waals surface area (Å²) in [6, 6.07) is 4.74. The van der Waals surface area contributed by atoms with Crippen LogP contribution in [0.2, 0.25) is 5.02 Å². The van der Waals surface area contributed by atoms with Crippen LogP contribution in [0, 0.1) is 0 Å². The molecule has 0 saturated heterocycles. The van der Waals surface area contributed by atoms with E-state index >= 15 is 0 Å². The first-order valence-corrected chi connectivity index (χ1v) is 4.82. The number of aliphatic carboxylic acids is 1. The normalized spacial score (nSPS) is 24.1. The molecule has 1 aromatic carbocycles. The molecule has 0 fully saturated rings. The highest BCUT2D eigenvalue weighted by Gasteiger charge is 2.31. The quantitative estimate of drug-likeness (QED) is 0.766. The Morgan fingerprint density at radius 2 is 2.27 bits per heavy atom. The van der Waals surface area contributed by atoms with Gasteiger partial charge in [-0.2, -0.15) is 0 Å². The Morgan fingerprint density at radius 3 is 2.93 bits per heavy atom. The van der Waals surface area contributed by atoms with Crippen molar-refractivity contribution < 1.29 is 19.7 Å². The molecule has 2 N–H and O–H groups in total.